The highest BCUT2D eigenvalue weighted by atomic mass is 32.1. The van der Waals surface area contributed by atoms with Gasteiger partial charge in [0.2, 0.25) is 0 Å². The third-order valence-corrected chi connectivity index (χ3v) is 5.03. The summed E-state index contributed by atoms with van der Waals surface area (Å²) in [4.78, 5) is 26.1. The van der Waals surface area contributed by atoms with Crippen LogP contribution in [0, 0.1) is 0 Å². The Kier molecular flexibility index (Phi) is 3.92. The average Bonchev–Trinajstić information content (AvgIpc) is 3.29. The Morgan fingerprint density at radius 3 is 2.84 bits per heavy atom. The number of rotatable bonds is 3. The number of primary amides is 1. The first kappa shape index (κ1) is 15.7. The fourth-order valence-electron chi connectivity index (χ4n) is 3.21. The van der Waals surface area contributed by atoms with E-state index in [1.54, 1.807) is 18.2 Å². The molecule has 0 bridgehead atoms. The maximum absolute atomic E-state index is 13.0. The lowest BCUT2D eigenvalue weighted by Crippen LogP contribution is -2.38. The Bertz CT molecular complexity index is 949. The van der Waals surface area contributed by atoms with Crippen molar-refractivity contribution in [3.05, 3.63) is 41.2 Å². The van der Waals surface area contributed by atoms with Crippen molar-refractivity contribution < 1.29 is 9.59 Å². The van der Waals surface area contributed by atoms with Crippen molar-refractivity contribution in [3.8, 4) is 0 Å². The molecule has 1 fully saturated rings. The number of H-pyrrole nitrogens is 1. The van der Waals surface area contributed by atoms with Crippen LogP contribution in [0.2, 0.25) is 0 Å². The summed E-state index contributed by atoms with van der Waals surface area (Å²) in [5.41, 5.74) is 8.29. The van der Waals surface area contributed by atoms with Crippen molar-refractivity contribution in [2.45, 2.75) is 25.3 Å². The van der Waals surface area contributed by atoms with Crippen LogP contribution >= 0.6 is 11.7 Å². The Morgan fingerprint density at radius 1 is 1.20 bits per heavy atom. The minimum absolute atomic E-state index is 0.0603. The van der Waals surface area contributed by atoms with Crippen LogP contribution in [0.5, 0.6) is 0 Å². The number of aromatic nitrogens is 4. The SMILES string of the molecule is NC(=O)c1cc([C@H]2CCCCN2C(=O)c2ccc3nsnc3c2)[nH]n1. The van der Waals surface area contributed by atoms with E-state index in [4.69, 9.17) is 5.73 Å². The first-order valence-corrected chi connectivity index (χ1v) is 8.75. The summed E-state index contributed by atoms with van der Waals surface area (Å²) in [6.45, 7) is 0.655. The van der Waals surface area contributed by atoms with Crippen LogP contribution in [0.4, 0.5) is 0 Å². The maximum Gasteiger partial charge on any atom is 0.269 e. The molecule has 1 atom stereocenters. The number of nitrogens with zero attached hydrogens (tertiary/aromatic N) is 4. The van der Waals surface area contributed by atoms with E-state index in [0.29, 0.717) is 12.1 Å². The van der Waals surface area contributed by atoms with E-state index in [0.717, 1.165) is 47.7 Å². The van der Waals surface area contributed by atoms with Gasteiger partial charge in [0.15, 0.2) is 0 Å². The fraction of sp³-hybridized carbons (Fsp3) is 0.312. The molecule has 8 nitrogen and oxygen atoms in total. The van der Waals surface area contributed by atoms with Gasteiger partial charge in [-0.1, -0.05) is 0 Å². The molecule has 0 spiro atoms. The lowest BCUT2D eigenvalue weighted by atomic mass is 9.98. The maximum atomic E-state index is 13.0. The predicted octanol–water partition coefficient (Wildman–Crippen LogP) is 1.88. The van der Waals surface area contributed by atoms with Crippen LogP contribution in [0.1, 0.15) is 51.8 Å². The van der Waals surface area contributed by atoms with Gasteiger partial charge in [-0.25, -0.2) is 0 Å². The van der Waals surface area contributed by atoms with E-state index in [1.165, 1.54) is 0 Å². The third kappa shape index (κ3) is 2.86. The van der Waals surface area contributed by atoms with E-state index in [-0.39, 0.29) is 17.6 Å². The molecule has 1 saturated heterocycles. The first-order chi connectivity index (χ1) is 12.1. The number of hydrogen-bond acceptors (Lipinski definition) is 6. The third-order valence-electron chi connectivity index (χ3n) is 4.47. The average molecular weight is 356 g/mol. The Morgan fingerprint density at radius 2 is 2.04 bits per heavy atom. The van der Waals surface area contributed by atoms with Crippen molar-refractivity contribution in [1.29, 1.82) is 0 Å². The molecule has 2 amide bonds. The number of amides is 2. The molecule has 128 valence electrons. The van der Waals surface area contributed by atoms with Crippen molar-refractivity contribution in [3.63, 3.8) is 0 Å². The number of fused-ring (bicyclic) bond motifs is 1. The predicted molar refractivity (Wildman–Crippen MR) is 92.1 cm³/mol. The molecule has 9 heteroatoms. The zero-order valence-electron chi connectivity index (χ0n) is 13.3. The lowest BCUT2D eigenvalue weighted by Gasteiger charge is -2.35. The van der Waals surface area contributed by atoms with Gasteiger partial charge in [-0.15, -0.1) is 0 Å². The number of carbonyl (C=O) groups excluding carboxylic acids is 2. The number of benzene rings is 1. The van der Waals surface area contributed by atoms with E-state index in [1.807, 2.05) is 11.0 Å². The van der Waals surface area contributed by atoms with Crippen LogP contribution in [-0.4, -0.2) is 42.2 Å². The van der Waals surface area contributed by atoms with Gasteiger partial charge in [0.25, 0.3) is 11.8 Å². The number of nitrogens with two attached hydrogens (primary N) is 1. The quantitative estimate of drug-likeness (QED) is 0.743. The molecule has 1 aliphatic rings. The highest BCUT2D eigenvalue weighted by Gasteiger charge is 2.30. The number of hydrogen-bond donors (Lipinski definition) is 2. The Labute approximate surface area is 147 Å². The Hall–Kier alpha value is -2.81. The molecule has 3 aromatic rings. The van der Waals surface area contributed by atoms with E-state index >= 15 is 0 Å². The van der Waals surface area contributed by atoms with Crippen molar-refractivity contribution in [2.24, 2.45) is 5.73 Å². The van der Waals surface area contributed by atoms with Crippen LogP contribution < -0.4 is 5.73 Å². The molecule has 0 unspecified atom stereocenters. The topological polar surface area (TPSA) is 118 Å². The van der Waals surface area contributed by atoms with E-state index in [9.17, 15) is 9.59 Å². The summed E-state index contributed by atoms with van der Waals surface area (Å²) in [5, 5.41) is 6.79. The summed E-state index contributed by atoms with van der Waals surface area (Å²) in [6.07, 6.45) is 2.76. The normalized spacial score (nSPS) is 17.8. The monoisotopic (exact) mass is 356 g/mol. The molecule has 0 radical (unpaired) electrons. The standard InChI is InChI=1S/C16H16N6O2S/c17-15(23)13-8-12(18-19-13)14-3-1-2-6-22(14)16(24)9-4-5-10-11(7-9)21-25-20-10/h4-5,7-8,14H,1-3,6H2,(H2,17,23)(H,18,19)/t14-/m1/s1. The summed E-state index contributed by atoms with van der Waals surface area (Å²) in [5.74, 6) is -0.646. The van der Waals surface area contributed by atoms with Gasteiger partial charge in [0.1, 0.15) is 16.7 Å². The number of aromatic amines is 1. The van der Waals surface area contributed by atoms with Gasteiger partial charge >= 0.3 is 0 Å². The summed E-state index contributed by atoms with van der Waals surface area (Å²) in [6, 6.07) is 6.85. The minimum atomic E-state index is -0.585. The molecule has 2 aromatic heterocycles. The second kappa shape index (κ2) is 6.25. The second-order valence-electron chi connectivity index (χ2n) is 6.05. The van der Waals surface area contributed by atoms with Gasteiger partial charge in [-0.2, -0.15) is 13.8 Å². The fourth-order valence-corrected chi connectivity index (χ4v) is 3.73. The largest absolute Gasteiger partial charge is 0.364 e. The van der Waals surface area contributed by atoms with Gasteiger partial charge in [0.05, 0.1) is 23.5 Å². The smallest absolute Gasteiger partial charge is 0.269 e. The van der Waals surface area contributed by atoms with Crippen LogP contribution in [-0.2, 0) is 0 Å². The molecule has 3 heterocycles. The zero-order chi connectivity index (χ0) is 17.4. The van der Waals surface area contributed by atoms with Crippen molar-refractivity contribution >= 4 is 34.6 Å². The molecule has 0 aliphatic carbocycles. The van der Waals surface area contributed by atoms with Crippen molar-refractivity contribution in [2.75, 3.05) is 6.54 Å². The molecule has 25 heavy (non-hydrogen) atoms. The molecule has 3 N–H and O–H groups in total. The molecule has 1 aliphatic heterocycles. The summed E-state index contributed by atoms with van der Waals surface area (Å²) < 4.78 is 8.36. The van der Waals surface area contributed by atoms with Gasteiger partial charge in [-0.3, -0.25) is 14.7 Å². The van der Waals surface area contributed by atoms with Crippen molar-refractivity contribution in [1.82, 2.24) is 23.8 Å². The molecule has 4 rings (SSSR count). The van der Waals surface area contributed by atoms with E-state index in [2.05, 4.69) is 18.9 Å². The zero-order valence-corrected chi connectivity index (χ0v) is 14.1. The number of nitrogens with one attached hydrogen (secondary N) is 1. The summed E-state index contributed by atoms with van der Waals surface area (Å²) >= 11 is 1.13. The first-order valence-electron chi connectivity index (χ1n) is 8.02. The van der Waals surface area contributed by atoms with Crippen LogP contribution in [0.15, 0.2) is 24.3 Å². The molecular formula is C16H16N6O2S. The highest BCUT2D eigenvalue weighted by Crippen LogP contribution is 2.31. The number of piperidine rings is 1. The molecule has 0 saturated carbocycles. The highest BCUT2D eigenvalue weighted by molar-refractivity contribution is 7.00. The Balaban J connectivity index is 1.65. The molecular weight excluding hydrogens is 340 g/mol. The lowest BCUT2D eigenvalue weighted by molar-refractivity contribution is 0.0606. The van der Waals surface area contributed by atoms with E-state index < -0.39 is 5.91 Å². The van der Waals surface area contributed by atoms with Crippen LogP contribution in [0.3, 0.4) is 0 Å². The molecule has 1 aromatic carbocycles. The minimum Gasteiger partial charge on any atom is -0.364 e. The number of likely N-dealkylation sites (tertiary alicyclic amines) is 1. The number of carbonyl (C=O) groups is 2. The second-order valence-corrected chi connectivity index (χ2v) is 6.58. The van der Waals surface area contributed by atoms with Gasteiger partial charge in [0, 0.05) is 12.1 Å². The van der Waals surface area contributed by atoms with Gasteiger partial charge in [-0.05, 0) is 43.5 Å². The van der Waals surface area contributed by atoms with Gasteiger partial charge < -0.3 is 10.6 Å². The summed E-state index contributed by atoms with van der Waals surface area (Å²) in [7, 11) is 0. The van der Waals surface area contributed by atoms with Crippen LogP contribution in [0.25, 0.3) is 11.0 Å².